The van der Waals surface area contributed by atoms with E-state index in [0.717, 1.165) is 48.4 Å². The van der Waals surface area contributed by atoms with Gasteiger partial charge in [0.2, 0.25) is 0 Å². The van der Waals surface area contributed by atoms with Crippen molar-refractivity contribution in [3.05, 3.63) is 12.2 Å². The number of hydrogen-bond acceptors (Lipinski definition) is 4. The van der Waals surface area contributed by atoms with Crippen molar-refractivity contribution >= 4 is 0 Å². The molecule has 21 heavy (non-hydrogen) atoms. The van der Waals surface area contributed by atoms with Gasteiger partial charge in [-0.05, 0) is 68.6 Å². The Morgan fingerprint density at radius 1 is 1.24 bits per heavy atom. The number of aryl methyl sites for hydroxylation is 1. The highest BCUT2D eigenvalue weighted by molar-refractivity contribution is 5.03. The quantitative estimate of drug-likeness (QED) is 0.640. The number of nitrogens with zero attached hydrogens (tertiary/aromatic N) is 3. The Balaban J connectivity index is 1.53. The Hall–Kier alpha value is -0.940. The van der Waals surface area contributed by atoms with Crippen molar-refractivity contribution in [1.82, 2.24) is 20.2 Å². The summed E-state index contributed by atoms with van der Waals surface area (Å²) in [4.78, 5) is 4.44. The molecule has 4 fully saturated rings. The minimum Gasteiger partial charge on any atom is -0.271 e. The van der Waals surface area contributed by atoms with E-state index in [1.54, 1.807) is 6.33 Å². The van der Waals surface area contributed by atoms with Gasteiger partial charge >= 0.3 is 0 Å². The maximum absolute atomic E-state index is 5.95. The number of nitrogens with one attached hydrogen (secondary N) is 1. The molecule has 116 valence electrons. The Morgan fingerprint density at radius 3 is 2.48 bits per heavy atom. The smallest absolute Gasteiger partial charge is 0.138 e. The van der Waals surface area contributed by atoms with E-state index in [9.17, 15) is 0 Å². The minimum absolute atomic E-state index is 0.356. The molecule has 5 nitrogen and oxygen atoms in total. The zero-order valence-electron chi connectivity index (χ0n) is 12.9. The lowest BCUT2D eigenvalue weighted by Crippen LogP contribution is -2.55. The van der Waals surface area contributed by atoms with Crippen LogP contribution in [0.15, 0.2) is 6.33 Å². The van der Waals surface area contributed by atoms with Crippen LogP contribution < -0.4 is 11.3 Å². The molecule has 0 amide bonds. The monoisotopic (exact) mass is 289 g/mol. The molecule has 1 heterocycles. The van der Waals surface area contributed by atoms with Crippen LogP contribution in [0.2, 0.25) is 0 Å². The first-order chi connectivity index (χ1) is 10.3. The summed E-state index contributed by atoms with van der Waals surface area (Å²) < 4.78 is 2.00. The molecule has 0 saturated heterocycles. The van der Waals surface area contributed by atoms with Crippen LogP contribution in [-0.2, 0) is 13.0 Å². The lowest BCUT2D eigenvalue weighted by atomic mass is 9.50. The second-order valence-corrected chi connectivity index (χ2v) is 7.48. The van der Waals surface area contributed by atoms with Gasteiger partial charge in [-0.1, -0.05) is 0 Å². The fourth-order valence-corrected chi connectivity index (χ4v) is 5.84. The largest absolute Gasteiger partial charge is 0.271 e. The number of rotatable bonds is 5. The second-order valence-electron chi connectivity index (χ2n) is 7.48. The summed E-state index contributed by atoms with van der Waals surface area (Å²) in [6.45, 7) is 3.00. The molecule has 0 aliphatic heterocycles. The lowest BCUT2D eigenvalue weighted by molar-refractivity contribution is -0.0521. The topological polar surface area (TPSA) is 68.8 Å². The standard InChI is InChI=1S/C16H27N5/c1-2-21-15(18-9-19-21)8-14(20-17)16-12-4-10-3-11(6-12)7-13(16)5-10/h9-14,16,20H,2-8,17H2,1H3. The van der Waals surface area contributed by atoms with E-state index in [0.29, 0.717) is 6.04 Å². The van der Waals surface area contributed by atoms with Crippen molar-refractivity contribution in [3.63, 3.8) is 0 Å². The molecule has 5 heteroatoms. The van der Waals surface area contributed by atoms with Crippen molar-refractivity contribution in [1.29, 1.82) is 0 Å². The highest BCUT2D eigenvalue weighted by Crippen LogP contribution is 2.57. The zero-order chi connectivity index (χ0) is 14.4. The van der Waals surface area contributed by atoms with Gasteiger partial charge in [-0.25, -0.2) is 4.98 Å². The van der Waals surface area contributed by atoms with Crippen LogP contribution in [-0.4, -0.2) is 20.8 Å². The molecule has 0 radical (unpaired) electrons. The van der Waals surface area contributed by atoms with Gasteiger partial charge in [0.05, 0.1) is 0 Å². The molecule has 1 aromatic heterocycles. The minimum atomic E-state index is 0.356. The number of hydrogen-bond donors (Lipinski definition) is 2. The Bertz CT molecular complexity index is 469. The predicted molar refractivity (Wildman–Crippen MR) is 81.0 cm³/mol. The molecule has 1 unspecified atom stereocenters. The average Bonchev–Trinajstić information content (AvgIpc) is 2.92. The van der Waals surface area contributed by atoms with Crippen LogP contribution in [0.25, 0.3) is 0 Å². The van der Waals surface area contributed by atoms with Crippen molar-refractivity contribution < 1.29 is 0 Å². The van der Waals surface area contributed by atoms with E-state index >= 15 is 0 Å². The van der Waals surface area contributed by atoms with Crippen molar-refractivity contribution in [2.45, 2.75) is 58.0 Å². The summed E-state index contributed by atoms with van der Waals surface area (Å²) in [5.74, 6) is 11.6. The lowest BCUT2D eigenvalue weighted by Gasteiger charge is -2.56. The maximum atomic E-state index is 5.95. The van der Waals surface area contributed by atoms with E-state index in [-0.39, 0.29) is 0 Å². The molecule has 0 aromatic carbocycles. The Labute approximate surface area is 126 Å². The number of aromatic nitrogens is 3. The summed E-state index contributed by atoms with van der Waals surface area (Å²) in [7, 11) is 0. The SMILES string of the molecule is CCn1ncnc1CC(NN)C1C2CC3CC(C2)CC1C3. The summed E-state index contributed by atoms with van der Waals surface area (Å²) in [5.41, 5.74) is 3.14. The van der Waals surface area contributed by atoms with E-state index in [1.807, 2.05) is 4.68 Å². The third kappa shape index (κ3) is 2.30. The van der Waals surface area contributed by atoms with Gasteiger partial charge in [-0.3, -0.25) is 16.0 Å². The molecular formula is C16H27N5. The first-order valence-electron chi connectivity index (χ1n) is 8.61. The molecule has 4 aliphatic carbocycles. The van der Waals surface area contributed by atoms with Crippen LogP contribution in [0.4, 0.5) is 0 Å². The summed E-state index contributed by atoms with van der Waals surface area (Å²) in [6.07, 6.45) is 9.85. The molecule has 5 rings (SSSR count). The molecule has 4 bridgehead atoms. The molecule has 1 aromatic rings. The zero-order valence-corrected chi connectivity index (χ0v) is 12.9. The van der Waals surface area contributed by atoms with Crippen LogP contribution in [0.1, 0.15) is 44.9 Å². The van der Waals surface area contributed by atoms with Gasteiger partial charge in [0, 0.05) is 19.0 Å². The van der Waals surface area contributed by atoms with E-state index in [1.165, 1.54) is 32.1 Å². The van der Waals surface area contributed by atoms with E-state index < -0.39 is 0 Å². The first-order valence-corrected chi connectivity index (χ1v) is 8.61. The maximum Gasteiger partial charge on any atom is 0.138 e. The molecule has 4 saturated carbocycles. The first kappa shape index (κ1) is 13.7. The second kappa shape index (κ2) is 5.36. The fourth-order valence-electron chi connectivity index (χ4n) is 5.84. The van der Waals surface area contributed by atoms with Crippen LogP contribution in [0, 0.1) is 29.6 Å². The van der Waals surface area contributed by atoms with E-state index in [2.05, 4.69) is 22.4 Å². The third-order valence-electron chi connectivity index (χ3n) is 6.38. The van der Waals surface area contributed by atoms with Gasteiger partial charge in [-0.15, -0.1) is 0 Å². The van der Waals surface area contributed by atoms with Gasteiger partial charge in [0.1, 0.15) is 12.2 Å². The van der Waals surface area contributed by atoms with Crippen LogP contribution in [0.3, 0.4) is 0 Å². The van der Waals surface area contributed by atoms with Crippen LogP contribution >= 0.6 is 0 Å². The Kier molecular flexibility index (Phi) is 3.50. The van der Waals surface area contributed by atoms with Gasteiger partial charge < -0.3 is 0 Å². The highest BCUT2D eigenvalue weighted by Gasteiger charge is 2.50. The predicted octanol–water partition coefficient (Wildman–Crippen LogP) is 1.74. The number of nitrogens with two attached hydrogens (primary N) is 1. The summed E-state index contributed by atoms with van der Waals surface area (Å²) >= 11 is 0. The summed E-state index contributed by atoms with van der Waals surface area (Å²) in [5, 5.41) is 4.30. The molecular weight excluding hydrogens is 262 g/mol. The normalized spacial score (nSPS) is 38.9. The van der Waals surface area contributed by atoms with Crippen LogP contribution in [0.5, 0.6) is 0 Å². The molecule has 0 spiro atoms. The highest BCUT2D eigenvalue weighted by atomic mass is 15.3. The van der Waals surface area contributed by atoms with Crippen molar-refractivity contribution in [2.24, 2.45) is 35.4 Å². The van der Waals surface area contributed by atoms with Crippen molar-refractivity contribution in [2.75, 3.05) is 0 Å². The third-order valence-corrected chi connectivity index (χ3v) is 6.38. The summed E-state index contributed by atoms with van der Waals surface area (Å²) in [6, 6.07) is 0.356. The van der Waals surface area contributed by atoms with Gasteiger partial charge in [0.25, 0.3) is 0 Å². The molecule has 1 atom stereocenters. The fraction of sp³-hybridized carbons (Fsp3) is 0.875. The average molecular weight is 289 g/mol. The molecule has 3 N–H and O–H groups in total. The van der Waals surface area contributed by atoms with E-state index in [4.69, 9.17) is 5.84 Å². The van der Waals surface area contributed by atoms with Gasteiger partial charge in [-0.2, -0.15) is 5.10 Å². The Morgan fingerprint density at radius 2 is 1.90 bits per heavy atom. The number of hydrazine groups is 1. The van der Waals surface area contributed by atoms with Gasteiger partial charge in [0.15, 0.2) is 0 Å². The molecule has 4 aliphatic rings. The van der Waals surface area contributed by atoms with Crippen molar-refractivity contribution in [3.8, 4) is 0 Å².